The van der Waals surface area contributed by atoms with E-state index in [2.05, 4.69) is 0 Å². The van der Waals surface area contributed by atoms with E-state index < -0.39 is 0 Å². The van der Waals surface area contributed by atoms with Crippen LogP contribution in [0.4, 0.5) is 5.69 Å². The summed E-state index contributed by atoms with van der Waals surface area (Å²) in [5.74, 6) is -0.286. The van der Waals surface area contributed by atoms with Crippen molar-refractivity contribution in [1.82, 2.24) is 4.90 Å². The molecule has 1 aliphatic heterocycles. The van der Waals surface area contributed by atoms with Gasteiger partial charge >= 0.3 is 0 Å². The molecule has 1 aromatic heterocycles. The first kappa shape index (κ1) is 13.5. The summed E-state index contributed by atoms with van der Waals surface area (Å²) in [7, 11) is 0. The van der Waals surface area contributed by atoms with Gasteiger partial charge in [-0.2, -0.15) is 0 Å². The van der Waals surface area contributed by atoms with Crippen LogP contribution in [0.5, 0.6) is 0 Å². The third-order valence-electron chi connectivity index (χ3n) is 3.94. The van der Waals surface area contributed by atoms with Crippen LogP contribution >= 0.6 is 0 Å². The van der Waals surface area contributed by atoms with Crippen molar-refractivity contribution in [2.45, 2.75) is 12.8 Å². The molecule has 0 atom stereocenters. The molecule has 1 aromatic carbocycles. The molecule has 3 rings (SSSR count). The summed E-state index contributed by atoms with van der Waals surface area (Å²) in [6.45, 7) is 1.04. The van der Waals surface area contributed by atoms with Crippen LogP contribution < -0.4 is 11.5 Å². The fraction of sp³-hybridized carbons (Fsp3) is 0.333. The topological polar surface area (TPSA) is 103 Å². The Morgan fingerprint density at radius 3 is 2.57 bits per heavy atom. The summed E-state index contributed by atoms with van der Waals surface area (Å²) in [6.07, 6.45) is 1.21. The predicted molar refractivity (Wildman–Crippen MR) is 78.4 cm³/mol. The van der Waals surface area contributed by atoms with Crippen molar-refractivity contribution < 1.29 is 14.0 Å². The van der Waals surface area contributed by atoms with Crippen LogP contribution in [0, 0.1) is 5.92 Å². The summed E-state index contributed by atoms with van der Waals surface area (Å²) < 4.78 is 5.57. The molecular weight excluding hydrogens is 270 g/mol. The number of carbonyl (C=O) groups excluding carboxylic acids is 2. The van der Waals surface area contributed by atoms with E-state index in [1.165, 1.54) is 0 Å². The number of fused-ring (bicyclic) bond motifs is 1. The van der Waals surface area contributed by atoms with Gasteiger partial charge < -0.3 is 20.8 Å². The van der Waals surface area contributed by atoms with Crippen LogP contribution in [0.2, 0.25) is 0 Å². The molecule has 21 heavy (non-hydrogen) atoms. The maximum absolute atomic E-state index is 12.4. The van der Waals surface area contributed by atoms with Crippen LogP contribution in [0.3, 0.4) is 0 Å². The van der Waals surface area contributed by atoms with Gasteiger partial charge in [0.15, 0.2) is 5.76 Å². The third-order valence-corrected chi connectivity index (χ3v) is 3.94. The standard InChI is InChI=1S/C15H17N3O3/c16-11-1-2-12-10(7-11)8-13(21-12)15(20)18-5-3-9(4-6-18)14(17)19/h1-2,7-9H,3-6,16H2,(H2,17,19). The molecule has 1 saturated heterocycles. The number of hydrogen-bond donors (Lipinski definition) is 2. The number of hydrogen-bond acceptors (Lipinski definition) is 4. The van der Waals surface area contributed by atoms with E-state index in [1.807, 2.05) is 0 Å². The summed E-state index contributed by atoms with van der Waals surface area (Å²) in [5, 5.41) is 0.811. The zero-order valence-corrected chi connectivity index (χ0v) is 11.5. The Balaban J connectivity index is 1.76. The molecule has 2 aromatic rings. The number of anilines is 1. The number of piperidine rings is 1. The summed E-state index contributed by atoms with van der Waals surface area (Å²) in [5.41, 5.74) is 12.3. The van der Waals surface area contributed by atoms with E-state index >= 15 is 0 Å². The average Bonchev–Trinajstić information content (AvgIpc) is 2.89. The van der Waals surface area contributed by atoms with Gasteiger partial charge in [-0.25, -0.2) is 0 Å². The normalized spacial score (nSPS) is 16.3. The lowest BCUT2D eigenvalue weighted by Crippen LogP contribution is -2.41. The lowest BCUT2D eigenvalue weighted by molar-refractivity contribution is -0.123. The number of likely N-dealkylation sites (tertiary alicyclic amines) is 1. The fourth-order valence-corrected chi connectivity index (χ4v) is 2.69. The van der Waals surface area contributed by atoms with Crippen LogP contribution in [0.15, 0.2) is 28.7 Å². The maximum atomic E-state index is 12.4. The van der Waals surface area contributed by atoms with Crippen molar-refractivity contribution >= 4 is 28.5 Å². The van der Waals surface area contributed by atoms with Crippen LogP contribution in [-0.4, -0.2) is 29.8 Å². The monoisotopic (exact) mass is 287 g/mol. The molecule has 2 heterocycles. The van der Waals surface area contributed by atoms with E-state index in [4.69, 9.17) is 15.9 Å². The minimum absolute atomic E-state index is 0.135. The molecule has 0 spiro atoms. The van der Waals surface area contributed by atoms with Crippen molar-refractivity contribution in [3.8, 4) is 0 Å². The lowest BCUT2D eigenvalue weighted by atomic mass is 9.96. The van der Waals surface area contributed by atoms with Crippen LogP contribution in [-0.2, 0) is 4.79 Å². The van der Waals surface area contributed by atoms with Crippen molar-refractivity contribution in [1.29, 1.82) is 0 Å². The SMILES string of the molecule is NC(=O)C1CCN(C(=O)c2cc3cc(N)ccc3o2)CC1. The van der Waals surface area contributed by atoms with Gasteiger partial charge in [-0.3, -0.25) is 9.59 Å². The minimum Gasteiger partial charge on any atom is -0.451 e. The second kappa shape index (κ2) is 5.12. The highest BCUT2D eigenvalue weighted by atomic mass is 16.3. The van der Waals surface area contributed by atoms with Crippen molar-refractivity contribution in [2.75, 3.05) is 18.8 Å². The Kier molecular flexibility index (Phi) is 3.29. The molecule has 0 bridgehead atoms. The van der Waals surface area contributed by atoms with Gasteiger partial charge in [0.1, 0.15) is 5.58 Å². The second-order valence-corrected chi connectivity index (χ2v) is 5.38. The Labute approximate surface area is 121 Å². The molecule has 0 saturated carbocycles. The van der Waals surface area contributed by atoms with Gasteiger partial charge in [-0.05, 0) is 37.1 Å². The molecule has 1 aliphatic rings. The van der Waals surface area contributed by atoms with E-state index in [9.17, 15) is 9.59 Å². The van der Waals surface area contributed by atoms with Gasteiger partial charge in [0.25, 0.3) is 5.91 Å². The van der Waals surface area contributed by atoms with Crippen LogP contribution in [0.25, 0.3) is 11.0 Å². The van der Waals surface area contributed by atoms with Gasteiger partial charge in [-0.15, -0.1) is 0 Å². The zero-order valence-electron chi connectivity index (χ0n) is 11.5. The van der Waals surface area contributed by atoms with E-state index in [0.29, 0.717) is 43.0 Å². The van der Waals surface area contributed by atoms with Gasteiger partial charge in [0.2, 0.25) is 5.91 Å². The number of nitrogen functional groups attached to an aromatic ring is 1. The van der Waals surface area contributed by atoms with Crippen molar-refractivity contribution in [2.24, 2.45) is 11.7 Å². The zero-order chi connectivity index (χ0) is 15.0. The summed E-state index contributed by atoms with van der Waals surface area (Å²) >= 11 is 0. The highest BCUT2D eigenvalue weighted by molar-refractivity contribution is 5.96. The van der Waals surface area contributed by atoms with Gasteiger partial charge in [-0.1, -0.05) is 0 Å². The van der Waals surface area contributed by atoms with E-state index in [0.717, 1.165) is 5.39 Å². The molecule has 1 fully saturated rings. The first-order chi connectivity index (χ1) is 10.0. The smallest absolute Gasteiger partial charge is 0.289 e. The summed E-state index contributed by atoms with van der Waals surface area (Å²) in [4.78, 5) is 25.2. The maximum Gasteiger partial charge on any atom is 0.289 e. The molecular formula is C15H17N3O3. The number of carbonyl (C=O) groups is 2. The minimum atomic E-state index is -0.290. The van der Waals surface area contributed by atoms with E-state index in [1.54, 1.807) is 29.2 Å². The molecule has 6 heteroatoms. The predicted octanol–water partition coefficient (Wildman–Crippen LogP) is 1.35. The highest BCUT2D eigenvalue weighted by Crippen LogP contribution is 2.24. The Bertz CT molecular complexity index is 699. The molecule has 0 aliphatic carbocycles. The second-order valence-electron chi connectivity index (χ2n) is 5.38. The number of nitrogens with zero attached hydrogens (tertiary/aromatic N) is 1. The number of furan rings is 1. The molecule has 0 unspecified atom stereocenters. The number of nitrogens with two attached hydrogens (primary N) is 2. The molecule has 4 N–H and O–H groups in total. The first-order valence-electron chi connectivity index (χ1n) is 6.92. The summed E-state index contributed by atoms with van der Waals surface area (Å²) in [6, 6.07) is 6.96. The van der Waals surface area contributed by atoms with Crippen LogP contribution in [0.1, 0.15) is 23.4 Å². The van der Waals surface area contributed by atoms with Crippen molar-refractivity contribution in [3.05, 3.63) is 30.0 Å². The molecule has 0 radical (unpaired) electrons. The average molecular weight is 287 g/mol. The lowest BCUT2D eigenvalue weighted by Gasteiger charge is -2.29. The number of amides is 2. The number of benzene rings is 1. The first-order valence-corrected chi connectivity index (χ1v) is 6.92. The Morgan fingerprint density at radius 2 is 1.90 bits per heavy atom. The van der Waals surface area contributed by atoms with E-state index in [-0.39, 0.29) is 17.7 Å². The number of rotatable bonds is 2. The third kappa shape index (κ3) is 2.56. The highest BCUT2D eigenvalue weighted by Gasteiger charge is 2.27. The molecule has 2 amide bonds. The van der Waals surface area contributed by atoms with Crippen molar-refractivity contribution in [3.63, 3.8) is 0 Å². The largest absolute Gasteiger partial charge is 0.451 e. The quantitative estimate of drug-likeness (QED) is 0.814. The Hall–Kier alpha value is -2.50. The van der Waals surface area contributed by atoms with Gasteiger partial charge in [0.05, 0.1) is 0 Å². The molecule has 6 nitrogen and oxygen atoms in total. The fourth-order valence-electron chi connectivity index (χ4n) is 2.69. The Morgan fingerprint density at radius 1 is 1.19 bits per heavy atom. The molecule has 110 valence electrons. The van der Waals surface area contributed by atoms with Gasteiger partial charge in [0, 0.05) is 30.1 Å². The number of primary amides is 1.